The SMILES string of the molecule is Cc1cccc(C)c1NC(=O)c1ccc(/C(N)=N/O)cc1. The van der Waals surface area contributed by atoms with Crippen molar-refractivity contribution in [3.05, 3.63) is 64.7 Å². The maximum Gasteiger partial charge on any atom is 0.255 e. The summed E-state index contributed by atoms with van der Waals surface area (Å²) in [6.07, 6.45) is 0. The fraction of sp³-hybridized carbons (Fsp3) is 0.125. The number of para-hydroxylation sites is 1. The molecule has 0 aromatic heterocycles. The summed E-state index contributed by atoms with van der Waals surface area (Å²) < 4.78 is 0. The number of nitrogens with two attached hydrogens (primary N) is 1. The number of anilines is 1. The van der Waals surface area contributed by atoms with Gasteiger partial charge in [-0.15, -0.1) is 0 Å². The lowest BCUT2D eigenvalue weighted by Crippen LogP contribution is -2.15. The zero-order valence-electron chi connectivity index (χ0n) is 11.9. The summed E-state index contributed by atoms with van der Waals surface area (Å²) >= 11 is 0. The van der Waals surface area contributed by atoms with Crippen LogP contribution in [-0.4, -0.2) is 17.0 Å². The molecule has 0 spiro atoms. The number of hydrogen-bond acceptors (Lipinski definition) is 3. The summed E-state index contributed by atoms with van der Waals surface area (Å²) in [4.78, 5) is 12.2. The van der Waals surface area contributed by atoms with Gasteiger partial charge in [0.25, 0.3) is 5.91 Å². The molecule has 1 amide bonds. The average Bonchev–Trinajstić information content (AvgIpc) is 2.50. The normalized spacial score (nSPS) is 11.2. The van der Waals surface area contributed by atoms with Crippen LogP contribution in [0.4, 0.5) is 5.69 Å². The predicted molar refractivity (Wildman–Crippen MR) is 82.8 cm³/mol. The molecule has 2 rings (SSSR count). The molecule has 0 radical (unpaired) electrons. The van der Waals surface area contributed by atoms with Gasteiger partial charge in [0.1, 0.15) is 0 Å². The van der Waals surface area contributed by atoms with E-state index in [4.69, 9.17) is 10.9 Å². The van der Waals surface area contributed by atoms with Gasteiger partial charge < -0.3 is 16.3 Å². The quantitative estimate of drug-likeness (QED) is 0.350. The van der Waals surface area contributed by atoms with Crippen LogP contribution in [0, 0.1) is 13.8 Å². The third-order valence-corrected chi connectivity index (χ3v) is 3.27. The Labute approximate surface area is 123 Å². The molecule has 0 atom stereocenters. The van der Waals surface area contributed by atoms with Crippen molar-refractivity contribution < 1.29 is 10.0 Å². The highest BCUT2D eigenvalue weighted by Gasteiger charge is 2.10. The van der Waals surface area contributed by atoms with Crippen molar-refractivity contribution >= 4 is 17.4 Å². The van der Waals surface area contributed by atoms with Gasteiger partial charge in [-0.2, -0.15) is 0 Å². The number of nitrogens with zero attached hydrogens (tertiary/aromatic N) is 1. The van der Waals surface area contributed by atoms with Crippen LogP contribution < -0.4 is 11.1 Å². The second-order valence-electron chi connectivity index (χ2n) is 4.78. The molecule has 0 fully saturated rings. The first kappa shape index (κ1) is 14.6. The Bertz CT molecular complexity index is 671. The molecule has 5 heteroatoms. The van der Waals surface area contributed by atoms with Gasteiger partial charge in [0, 0.05) is 16.8 Å². The molecule has 0 saturated carbocycles. The zero-order valence-corrected chi connectivity index (χ0v) is 11.9. The van der Waals surface area contributed by atoms with Gasteiger partial charge in [-0.1, -0.05) is 35.5 Å². The Hall–Kier alpha value is -2.82. The number of amides is 1. The fourth-order valence-corrected chi connectivity index (χ4v) is 2.05. The van der Waals surface area contributed by atoms with Gasteiger partial charge in [-0.25, -0.2) is 0 Å². The van der Waals surface area contributed by atoms with Crippen LogP contribution in [0.2, 0.25) is 0 Å². The van der Waals surface area contributed by atoms with E-state index in [2.05, 4.69) is 10.5 Å². The maximum atomic E-state index is 12.2. The average molecular weight is 283 g/mol. The van der Waals surface area contributed by atoms with Crippen molar-refractivity contribution in [2.75, 3.05) is 5.32 Å². The van der Waals surface area contributed by atoms with Gasteiger partial charge in [-0.3, -0.25) is 4.79 Å². The van der Waals surface area contributed by atoms with Crippen LogP contribution in [-0.2, 0) is 0 Å². The van der Waals surface area contributed by atoms with E-state index in [9.17, 15) is 4.79 Å². The van der Waals surface area contributed by atoms with Gasteiger partial charge in [-0.05, 0) is 37.1 Å². The minimum atomic E-state index is -0.196. The molecule has 0 bridgehead atoms. The Kier molecular flexibility index (Phi) is 4.23. The van der Waals surface area contributed by atoms with Crippen molar-refractivity contribution in [3.63, 3.8) is 0 Å². The molecule has 0 aliphatic carbocycles. The van der Waals surface area contributed by atoms with E-state index in [1.54, 1.807) is 24.3 Å². The molecular formula is C16H17N3O2. The summed E-state index contributed by atoms with van der Waals surface area (Å²) in [5.41, 5.74) is 9.39. The third kappa shape index (κ3) is 3.20. The molecule has 0 saturated heterocycles. The van der Waals surface area contributed by atoms with Crippen LogP contribution >= 0.6 is 0 Å². The van der Waals surface area contributed by atoms with E-state index in [1.807, 2.05) is 32.0 Å². The highest BCUT2D eigenvalue weighted by molar-refractivity contribution is 6.06. The van der Waals surface area contributed by atoms with Crippen molar-refractivity contribution in [1.82, 2.24) is 0 Å². The van der Waals surface area contributed by atoms with Crippen LogP contribution in [0.5, 0.6) is 0 Å². The van der Waals surface area contributed by atoms with Crippen molar-refractivity contribution in [1.29, 1.82) is 0 Å². The first-order valence-corrected chi connectivity index (χ1v) is 6.48. The lowest BCUT2D eigenvalue weighted by molar-refractivity contribution is 0.102. The predicted octanol–water partition coefficient (Wildman–Crippen LogP) is 2.65. The summed E-state index contributed by atoms with van der Waals surface area (Å²) in [6.45, 7) is 3.90. The lowest BCUT2D eigenvalue weighted by Gasteiger charge is -2.11. The van der Waals surface area contributed by atoms with Gasteiger partial charge in [0.2, 0.25) is 0 Å². The Balaban J connectivity index is 2.21. The fourth-order valence-electron chi connectivity index (χ4n) is 2.05. The number of amidine groups is 1. The smallest absolute Gasteiger partial charge is 0.255 e. The van der Waals surface area contributed by atoms with E-state index < -0.39 is 0 Å². The van der Waals surface area contributed by atoms with E-state index in [1.165, 1.54) is 0 Å². The molecule has 2 aromatic carbocycles. The van der Waals surface area contributed by atoms with Crippen LogP contribution in [0.1, 0.15) is 27.0 Å². The van der Waals surface area contributed by atoms with Gasteiger partial charge in [0.15, 0.2) is 5.84 Å². The molecule has 4 N–H and O–H groups in total. The monoisotopic (exact) mass is 283 g/mol. The molecule has 21 heavy (non-hydrogen) atoms. The molecule has 0 heterocycles. The second-order valence-corrected chi connectivity index (χ2v) is 4.78. The Morgan fingerprint density at radius 2 is 1.57 bits per heavy atom. The number of carbonyl (C=O) groups excluding carboxylic acids is 1. The van der Waals surface area contributed by atoms with Crippen LogP contribution in [0.3, 0.4) is 0 Å². The van der Waals surface area contributed by atoms with Crippen LogP contribution in [0.15, 0.2) is 47.6 Å². The lowest BCUT2D eigenvalue weighted by atomic mass is 10.1. The molecule has 108 valence electrons. The minimum absolute atomic E-state index is 0.0108. The van der Waals surface area contributed by atoms with E-state index >= 15 is 0 Å². The van der Waals surface area contributed by atoms with Crippen molar-refractivity contribution in [2.24, 2.45) is 10.9 Å². The van der Waals surface area contributed by atoms with Crippen molar-refractivity contribution in [3.8, 4) is 0 Å². The molecule has 0 aliphatic rings. The summed E-state index contributed by atoms with van der Waals surface area (Å²) in [5.74, 6) is -0.185. The standard InChI is InChI=1S/C16H17N3O2/c1-10-4-3-5-11(2)14(10)18-16(20)13-8-6-12(7-9-13)15(17)19-21/h3-9,21H,1-2H3,(H2,17,19)(H,18,20). The molecule has 5 nitrogen and oxygen atoms in total. The Morgan fingerprint density at radius 1 is 1.05 bits per heavy atom. The summed E-state index contributed by atoms with van der Waals surface area (Å²) in [7, 11) is 0. The Morgan fingerprint density at radius 3 is 2.10 bits per heavy atom. The maximum absolute atomic E-state index is 12.2. The molecule has 2 aromatic rings. The highest BCUT2D eigenvalue weighted by atomic mass is 16.4. The van der Waals surface area contributed by atoms with Crippen LogP contribution in [0.25, 0.3) is 0 Å². The number of rotatable bonds is 3. The molecular weight excluding hydrogens is 266 g/mol. The topological polar surface area (TPSA) is 87.7 Å². The van der Waals surface area contributed by atoms with Gasteiger partial charge in [0.05, 0.1) is 0 Å². The van der Waals surface area contributed by atoms with E-state index in [0.717, 1.165) is 16.8 Å². The van der Waals surface area contributed by atoms with E-state index in [-0.39, 0.29) is 11.7 Å². The molecule has 0 aliphatic heterocycles. The highest BCUT2D eigenvalue weighted by Crippen LogP contribution is 2.20. The minimum Gasteiger partial charge on any atom is -0.409 e. The number of nitrogens with one attached hydrogen (secondary N) is 1. The van der Waals surface area contributed by atoms with E-state index in [0.29, 0.717) is 11.1 Å². The number of carbonyl (C=O) groups is 1. The second kappa shape index (κ2) is 6.09. The third-order valence-electron chi connectivity index (χ3n) is 3.27. The number of hydrogen-bond donors (Lipinski definition) is 3. The first-order valence-electron chi connectivity index (χ1n) is 6.48. The summed E-state index contributed by atoms with van der Waals surface area (Å²) in [5, 5.41) is 14.4. The van der Waals surface area contributed by atoms with Crippen molar-refractivity contribution in [2.45, 2.75) is 13.8 Å². The summed E-state index contributed by atoms with van der Waals surface area (Å²) in [6, 6.07) is 12.4. The zero-order chi connectivity index (χ0) is 15.4. The molecule has 0 unspecified atom stereocenters. The largest absolute Gasteiger partial charge is 0.409 e. The first-order chi connectivity index (χ1) is 10.0. The van der Waals surface area contributed by atoms with Gasteiger partial charge >= 0.3 is 0 Å². The number of oxime groups is 1. The number of aryl methyl sites for hydroxylation is 2. The number of benzene rings is 2.